The molecule has 8 atom stereocenters. The van der Waals surface area contributed by atoms with Gasteiger partial charge in [0.1, 0.15) is 6.10 Å². The van der Waals surface area contributed by atoms with Crippen LogP contribution in [0, 0.1) is 46.3 Å². The molecule has 0 heterocycles. The van der Waals surface area contributed by atoms with Crippen molar-refractivity contribution in [3.8, 4) is 0 Å². The molecule has 0 saturated heterocycles. The first-order valence-electron chi connectivity index (χ1n) is 17.4. The van der Waals surface area contributed by atoms with Crippen LogP contribution in [0.3, 0.4) is 0 Å². The van der Waals surface area contributed by atoms with E-state index in [0.717, 1.165) is 81.3 Å². The molecule has 0 radical (unpaired) electrons. The van der Waals surface area contributed by atoms with E-state index >= 15 is 0 Å². The fraction of sp³-hybridized carbons (Fsp3) is 0.889. The van der Waals surface area contributed by atoms with Crippen LogP contribution in [0.5, 0.6) is 0 Å². The highest BCUT2D eigenvalue weighted by molar-refractivity contribution is 5.71. The molecule has 42 heavy (non-hydrogen) atoms. The zero-order chi connectivity index (χ0) is 30.9. The molecule has 0 aromatic rings. The number of nitrogens with one attached hydrogen (secondary N) is 2. The minimum absolute atomic E-state index is 0.0679. The SMILES string of the molecule is CC(=O)O.CCNCCCNCC(=O)O[C@H]1CC[C@@]2(C)C(=CC[C@H]3[C@@H]4CC[C@H]([C@H](C)CCCC(C)C)[C@@]4(C)CC[C@@H]32)C1. The van der Waals surface area contributed by atoms with Crippen LogP contribution in [-0.4, -0.2) is 49.3 Å². The third-order valence-electron chi connectivity index (χ3n) is 11.8. The number of rotatable bonds is 13. The van der Waals surface area contributed by atoms with Crippen molar-refractivity contribution in [2.24, 2.45) is 46.3 Å². The first kappa shape index (κ1) is 35.1. The lowest BCUT2D eigenvalue weighted by atomic mass is 9.47. The highest BCUT2D eigenvalue weighted by Gasteiger charge is 2.59. The molecule has 0 aromatic heterocycles. The minimum atomic E-state index is -0.833. The Bertz CT molecular complexity index is 899. The lowest BCUT2D eigenvalue weighted by molar-refractivity contribution is -0.150. The van der Waals surface area contributed by atoms with E-state index in [1.165, 1.54) is 57.8 Å². The van der Waals surface area contributed by atoms with Crippen molar-refractivity contribution in [3.63, 3.8) is 0 Å². The smallest absolute Gasteiger partial charge is 0.320 e. The molecule has 4 aliphatic rings. The van der Waals surface area contributed by atoms with E-state index in [-0.39, 0.29) is 12.1 Å². The number of esters is 1. The first-order valence-corrected chi connectivity index (χ1v) is 17.4. The van der Waals surface area contributed by atoms with Gasteiger partial charge in [0.15, 0.2) is 0 Å². The topological polar surface area (TPSA) is 87.7 Å². The van der Waals surface area contributed by atoms with Crippen LogP contribution in [0.25, 0.3) is 0 Å². The fourth-order valence-electron chi connectivity index (χ4n) is 9.69. The number of fused-ring (bicyclic) bond motifs is 5. The van der Waals surface area contributed by atoms with Crippen LogP contribution in [0.1, 0.15) is 126 Å². The molecule has 6 heteroatoms. The molecule has 0 spiro atoms. The van der Waals surface area contributed by atoms with E-state index in [1.54, 1.807) is 5.57 Å². The second kappa shape index (κ2) is 16.1. The summed E-state index contributed by atoms with van der Waals surface area (Å²) in [6.45, 7) is 19.0. The molecule has 242 valence electrons. The number of hydrogen-bond acceptors (Lipinski definition) is 5. The van der Waals surface area contributed by atoms with E-state index in [4.69, 9.17) is 14.6 Å². The number of carboxylic acids is 1. The molecule has 6 nitrogen and oxygen atoms in total. The fourth-order valence-corrected chi connectivity index (χ4v) is 9.69. The van der Waals surface area contributed by atoms with Crippen molar-refractivity contribution in [1.82, 2.24) is 10.6 Å². The normalized spacial score (nSPS) is 34.3. The number of aliphatic carboxylic acids is 1. The van der Waals surface area contributed by atoms with Gasteiger partial charge >= 0.3 is 5.97 Å². The van der Waals surface area contributed by atoms with E-state index in [9.17, 15) is 4.79 Å². The van der Waals surface area contributed by atoms with Crippen molar-refractivity contribution in [2.75, 3.05) is 26.2 Å². The van der Waals surface area contributed by atoms with Crippen molar-refractivity contribution < 1.29 is 19.4 Å². The Morgan fingerprint density at radius 1 is 1.00 bits per heavy atom. The average molecular weight is 589 g/mol. The lowest BCUT2D eigenvalue weighted by Crippen LogP contribution is -2.51. The second-order valence-electron chi connectivity index (χ2n) is 15.0. The van der Waals surface area contributed by atoms with Gasteiger partial charge in [-0.15, -0.1) is 0 Å². The minimum Gasteiger partial charge on any atom is -0.481 e. The van der Waals surface area contributed by atoms with Crippen molar-refractivity contribution >= 4 is 11.9 Å². The highest BCUT2D eigenvalue weighted by Crippen LogP contribution is 2.67. The number of hydrogen-bond donors (Lipinski definition) is 3. The van der Waals surface area contributed by atoms with Crippen molar-refractivity contribution in [3.05, 3.63) is 11.6 Å². The third kappa shape index (κ3) is 8.83. The van der Waals surface area contributed by atoms with Gasteiger partial charge in [-0.2, -0.15) is 0 Å². The number of carbonyl (C=O) groups is 2. The van der Waals surface area contributed by atoms with Gasteiger partial charge in [0, 0.05) is 13.3 Å². The Labute approximate surface area is 257 Å². The number of carboxylic acid groups (broad SMARTS) is 1. The largest absolute Gasteiger partial charge is 0.481 e. The predicted molar refractivity (Wildman–Crippen MR) is 172 cm³/mol. The first-order chi connectivity index (χ1) is 19.9. The van der Waals surface area contributed by atoms with Gasteiger partial charge in [0.25, 0.3) is 5.97 Å². The summed E-state index contributed by atoms with van der Waals surface area (Å²) in [6, 6.07) is 0. The Kier molecular flexibility index (Phi) is 13.4. The van der Waals surface area contributed by atoms with Crippen LogP contribution in [0.15, 0.2) is 11.6 Å². The molecule has 4 rings (SSSR count). The van der Waals surface area contributed by atoms with Crippen LogP contribution in [0.2, 0.25) is 0 Å². The zero-order valence-corrected chi connectivity index (χ0v) is 28.1. The molecular formula is C36H64N2O4. The van der Waals surface area contributed by atoms with Gasteiger partial charge < -0.3 is 20.5 Å². The van der Waals surface area contributed by atoms with Crippen molar-refractivity contribution in [1.29, 1.82) is 0 Å². The standard InChI is InChI=1S/C34H60N2O2.C2H4O2/c1-7-35-20-9-21-36-23-32(37)38-27-16-18-33(5)26(22-27)12-13-28-30-15-14-29(25(4)11-8-10-24(2)3)34(30,6)19-17-31(28)33;1-2(3)4/h12,24-25,27-31,35-36H,7-11,13-23H2,1-6H3;1H3,(H,3,4)/t25-,27+,28+,29-,30+,31+,33+,34-;/m1./s1. The summed E-state index contributed by atoms with van der Waals surface area (Å²) in [5.74, 6) is 4.31. The van der Waals surface area contributed by atoms with E-state index in [1.807, 2.05) is 0 Å². The number of ether oxygens (including phenoxy) is 1. The summed E-state index contributed by atoms with van der Waals surface area (Å²) < 4.78 is 5.96. The highest BCUT2D eigenvalue weighted by atomic mass is 16.5. The summed E-state index contributed by atoms with van der Waals surface area (Å²) in [4.78, 5) is 21.5. The molecule has 3 fully saturated rings. The predicted octanol–water partition coefficient (Wildman–Crippen LogP) is 7.62. The summed E-state index contributed by atoms with van der Waals surface area (Å²) in [7, 11) is 0. The Balaban J connectivity index is 0.00000114. The number of carbonyl (C=O) groups excluding carboxylic acids is 1. The summed E-state index contributed by atoms with van der Waals surface area (Å²) in [5, 5.41) is 14.0. The molecule has 0 bridgehead atoms. The van der Waals surface area contributed by atoms with Crippen LogP contribution in [-0.2, 0) is 14.3 Å². The molecule has 3 saturated carbocycles. The van der Waals surface area contributed by atoms with E-state index < -0.39 is 5.97 Å². The number of allylic oxidation sites excluding steroid dienone is 1. The molecule has 4 aliphatic carbocycles. The monoisotopic (exact) mass is 588 g/mol. The molecule has 0 aromatic carbocycles. The third-order valence-corrected chi connectivity index (χ3v) is 11.8. The Morgan fingerprint density at radius 3 is 2.40 bits per heavy atom. The second-order valence-corrected chi connectivity index (χ2v) is 15.0. The molecule has 0 unspecified atom stereocenters. The van der Waals surface area contributed by atoms with Crippen molar-refractivity contribution in [2.45, 2.75) is 132 Å². The van der Waals surface area contributed by atoms with Gasteiger partial charge in [0.2, 0.25) is 0 Å². The van der Waals surface area contributed by atoms with Gasteiger partial charge in [0.05, 0.1) is 6.54 Å². The summed E-state index contributed by atoms with van der Waals surface area (Å²) in [6.07, 6.45) is 18.1. The summed E-state index contributed by atoms with van der Waals surface area (Å²) in [5.41, 5.74) is 2.48. The maximum Gasteiger partial charge on any atom is 0.320 e. The van der Waals surface area contributed by atoms with Gasteiger partial charge in [-0.1, -0.05) is 72.5 Å². The summed E-state index contributed by atoms with van der Waals surface area (Å²) >= 11 is 0. The van der Waals surface area contributed by atoms with Gasteiger partial charge in [-0.25, -0.2) is 0 Å². The molecular weight excluding hydrogens is 524 g/mol. The maximum atomic E-state index is 12.5. The lowest BCUT2D eigenvalue weighted by Gasteiger charge is -2.58. The van der Waals surface area contributed by atoms with Crippen LogP contribution in [0.4, 0.5) is 0 Å². The Hall–Kier alpha value is -1.40. The zero-order valence-electron chi connectivity index (χ0n) is 28.1. The quantitative estimate of drug-likeness (QED) is 0.117. The van der Waals surface area contributed by atoms with E-state index in [2.05, 4.69) is 58.3 Å². The van der Waals surface area contributed by atoms with Crippen LogP contribution >= 0.6 is 0 Å². The molecule has 3 N–H and O–H groups in total. The molecule has 0 aliphatic heterocycles. The maximum absolute atomic E-state index is 12.5. The van der Waals surface area contributed by atoms with Gasteiger partial charge in [-0.05, 0) is 117 Å². The van der Waals surface area contributed by atoms with Crippen LogP contribution < -0.4 is 10.6 Å². The average Bonchev–Trinajstić information content (AvgIpc) is 3.27. The van der Waals surface area contributed by atoms with E-state index in [0.29, 0.717) is 17.4 Å². The van der Waals surface area contributed by atoms with Gasteiger partial charge in [-0.3, -0.25) is 9.59 Å². The Morgan fingerprint density at radius 2 is 1.71 bits per heavy atom. The molecule has 0 amide bonds.